The van der Waals surface area contributed by atoms with Gasteiger partial charge in [-0.15, -0.1) is 0 Å². The molecule has 2 aliphatic rings. The van der Waals surface area contributed by atoms with Crippen molar-refractivity contribution in [1.82, 2.24) is 0 Å². The third-order valence-corrected chi connectivity index (χ3v) is 15.2. The van der Waals surface area contributed by atoms with Gasteiger partial charge in [-0.1, -0.05) is 221 Å². The molecule has 3 unspecified atom stereocenters. The van der Waals surface area contributed by atoms with Gasteiger partial charge >= 0.3 is 0 Å². The topological polar surface area (TPSA) is 13.1 Å². The van der Waals surface area contributed by atoms with E-state index in [1.165, 1.54) is 83.5 Å². The van der Waals surface area contributed by atoms with Crippen LogP contribution in [0.15, 0.2) is 211 Å². The number of hydrogen-bond donors (Lipinski definition) is 0. The minimum atomic E-state index is -0.0543. The minimum absolute atomic E-state index is 0.0543. The molecule has 0 fully saturated rings. The van der Waals surface area contributed by atoms with Gasteiger partial charge in [0.05, 0.1) is 0 Å². The number of rotatable bonds is 9. The van der Waals surface area contributed by atoms with E-state index in [0.717, 1.165) is 46.8 Å². The highest BCUT2D eigenvalue weighted by atomic mass is 16.3. The number of furan rings is 1. The fraction of sp³-hybridized carbons (Fsp3) is 0.156. The SMILES string of the molecule is CC(c1ccc(-c2ccc(CCC(c3ccc(-c4cccc5c4oc4ccccc45)cc3)c3ccc4c(c3)C(C)(C)c3ccccc3-4)cc2)cc1)C1Cc2ccccc2-c2ccccc21. The first kappa shape index (κ1) is 39.4. The first-order valence-electron chi connectivity index (χ1n) is 23.5. The lowest BCUT2D eigenvalue weighted by molar-refractivity contribution is 0.568. The van der Waals surface area contributed by atoms with Crippen LogP contribution in [0.1, 0.15) is 89.5 Å². The molecule has 9 aromatic carbocycles. The Labute approximate surface area is 383 Å². The maximum absolute atomic E-state index is 6.46. The summed E-state index contributed by atoms with van der Waals surface area (Å²) in [6.07, 6.45) is 3.06. The maximum atomic E-state index is 6.46. The summed E-state index contributed by atoms with van der Waals surface area (Å²) < 4.78 is 6.46. The van der Waals surface area contributed by atoms with Crippen molar-refractivity contribution < 1.29 is 4.42 Å². The van der Waals surface area contributed by atoms with Crippen LogP contribution in [0.2, 0.25) is 0 Å². The summed E-state index contributed by atoms with van der Waals surface area (Å²) in [4.78, 5) is 0. The molecule has 2 aliphatic carbocycles. The third-order valence-electron chi connectivity index (χ3n) is 15.2. The van der Waals surface area contributed by atoms with Gasteiger partial charge in [-0.25, -0.2) is 0 Å². The molecule has 0 amide bonds. The van der Waals surface area contributed by atoms with E-state index in [1.54, 1.807) is 0 Å². The Hall–Kier alpha value is -7.22. The van der Waals surface area contributed by atoms with Crippen LogP contribution in [0.3, 0.4) is 0 Å². The lowest BCUT2D eigenvalue weighted by atomic mass is 9.72. The fourth-order valence-corrected chi connectivity index (χ4v) is 11.5. The van der Waals surface area contributed by atoms with Gasteiger partial charge in [0, 0.05) is 27.7 Å². The fourth-order valence-electron chi connectivity index (χ4n) is 11.5. The van der Waals surface area contributed by atoms with Gasteiger partial charge < -0.3 is 4.42 Å². The molecule has 1 heterocycles. The predicted molar refractivity (Wildman–Crippen MR) is 272 cm³/mol. The molecule has 1 aromatic heterocycles. The van der Waals surface area contributed by atoms with Crippen molar-refractivity contribution >= 4 is 21.9 Å². The first-order valence-corrected chi connectivity index (χ1v) is 23.5. The first-order chi connectivity index (χ1) is 31.9. The van der Waals surface area contributed by atoms with Crippen LogP contribution in [-0.2, 0) is 18.3 Å². The van der Waals surface area contributed by atoms with Crippen LogP contribution in [0.4, 0.5) is 0 Å². The molecule has 0 radical (unpaired) electrons. The highest BCUT2D eigenvalue weighted by Gasteiger charge is 2.36. The number of hydrogen-bond acceptors (Lipinski definition) is 1. The molecule has 0 aliphatic heterocycles. The van der Waals surface area contributed by atoms with Gasteiger partial charge in [0.15, 0.2) is 0 Å². The Balaban J connectivity index is 0.813. The summed E-state index contributed by atoms with van der Waals surface area (Å²) in [5.74, 6) is 1.09. The molecular formula is C64H52O. The van der Waals surface area contributed by atoms with E-state index in [1.807, 2.05) is 6.07 Å². The molecule has 1 nitrogen and oxygen atoms in total. The standard InChI is InChI=1S/C64H52O/c1-41(59-39-48-13-4-5-14-51(48)53-15-6-7-16-54(53)59)43-28-30-45(31-29-43)44-26-23-42(24-27-44)25-37-50(49-36-38-56-55-17-8-10-21-60(55)64(2,3)61(56)40-49)46-32-34-47(35-33-46)52-19-12-20-58-57-18-9-11-22-62(57)65-63(52)58/h4-24,26-36,38,40-41,50,59H,25,37,39H2,1-3H3. The summed E-state index contributed by atoms with van der Waals surface area (Å²) >= 11 is 0. The summed E-state index contributed by atoms with van der Waals surface area (Å²) in [7, 11) is 0. The van der Waals surface area contributed by atoms with Crippen LogP contribution < -0.4 is 0 Å². The Morgan fingerprint density at radius 2 is 1.09 bits per heavy atom. The highest BCUT2D eigenvalue weighted by molar-refractivity contribution is 6.09. The molecular weight excluding hydrogens is 785 g/mol. The van der Waals surface area contributed by atoms with Gasteiger partial charge in [0.2, 0.25) is 0 Å². The van der Waals surface area contributed by atoms with Crippen molar-refractivity contribution in [1.29, 1.82) is 0 Å². The molecule has 65 heavy (non-hydrogen) atoms. The van der Waals surface area contributed by atoms with Crippen LogP contribution >= 0.6 is 0 Å². The van der Waals surface area contributed by atoms with Crippen molar-refractivity contribution in [2.24, 2.45) is 0 Å². The largest absolute Gasteiger partial charge is 0.455 e. The van der Waals surface area contributed by atoms with Crippen LogP contribution in [0.5, 0.6) is 0 Å². The van der Waals surface area contributed by atoms with Crippen LogP contribution in [-0.4, -0.2) is 0 Å². The third kappa shape index (κ3) is 6.76. The van der Waals surface area contributed by atoms with E-state index < -0.39 is 0 Å². The summed E-state index contributed by atoms with van der Waals surface area (Å²) in [5.41, 5.74) is 23.4. The molecule has 10 aromatic rings. The zero-order valence-electron chi connectivity index (χ0n) is 37.4. The highest BCUT2D eigenvalue weighted by Crippen LogP contribution is 2.50. The van der Waals surface area contributed by atoms with Gasteiger partial charge in [-0.2, -0.15) is 0 Å². The molecule has 0 saturated carbocycles. The quantitative estimate of drug-likeness (QED) is 0.141. The van der Waals surface area contributed by atoms with Crippen molar-refractivity contribution in [3.63, 3.8) is 0 Å². The molecule has 0 bridgehead atoms. The second-order valence-electron chi connectivity index (χ2n) is 19.1. The summed E-state index contributed by atoms with van der Waals surface area (Å²) in [5, 5.41) is 2.32. The van der Waals surface area contributed by atoms with Crippen molar-refractivity contribution in [3.05, 3.63) is 251 Å². The molecule has 12 rings (SSSR count). The normalized spacial score (nSPS) is 15.5. The molecule has 3 atom stereocenters. The van der Waals surface area contributed by atoms with E-state index in [0.29, 0.717) is 11.8 Å². The average molecular weight is 837 g/mol. The van der Waals surface area contributed by atoms with E-state index in [4.69, 9.17) is 4.42 Å². The van der Waals surface area contributed by atoms with E-state index >= 15 is 0 Å². The number of benzene rings is 9. The minimum Gasteiger partial charge on any atom is -0.455 e. The Morgan fingerprint density at radius 3 is 1.91 bits per heavy atom. The summed E-state index contributed by atoms with van der Waals surface area (Å²) in [6.45, 7) is 7.18. The number of para-hydroxylation sites is 2. The lowest BCUT2D eigenvalue weighted by Gasteiger charge is -2.32. The van der Waals surface area contributed by atoms with E-state index in [2.05, 4.69) is 221 Å². The predicted octanol–water partition coefficient (Wildman–Crippen LogP) is 17.1. The van der Waals surface area contributed by atoms with Gasteiger partial charge in [-0.3, -0.25) is 0 Å². The number of fused-ring (bicyclic) bond motifs is 9. The Morgan fingerprint density at radius 1 is 0.492 bits per heavy atom. The summed E-state index contributed by atoms with van der Waals surface area (Å²) in [6, 6.07) is 77.1. The monoisotopic (exact) mass is 836 g/mol. The average Bonchev–Trinajstić information content (AvgIpc) is 3.86. The molecule has 0 N–H and O–H groups in total. The molecule has 0 spiro atoms. The van der Waals surface area contributed by atoms with Gasteiger partial charge in [0.1, 0.15) is 11.2 Å². The maximum Gasteiger partial charge on any atom is 0.143 e. The van der Waals surface area contributed by atoms with Crippen molar-refractivity contribution in [3.8, 4) is 44.5 Å². The van der Waals surface area contributed by atoms with Gasteiger partial charge in [0.25, 0.3) is 0 Å². The van der Waals surface area contributed by atoms with Crippen molar-refractivity contribution in [2.45, 2.75) is 63.2 Å². The molecule has 314 valence electrons. The molecule has 0 saturated heterocycles. The second-order valence-corrected chi connectivity index (χ2v) is 19.1. The Bertz CT molecular complexity index is 3380. The second kappa shape index (κ2) is 15.8. The van der Waals surface area contributed by atoms with Gasteiger partial charge in [-0.05, 0) is 121 Å². The van der Waals surface area contributed by atoms with E-state index in [9.17, 15) is 0 Å². The number of aryl methyl sites for hydroxylation is 1. The van der Waals surface area contributed by atoms with Crippen LogP contribution in [0.25, 0.3) is 66.4 Å². The van der Waals surface area contributed by atoms with Crippen LogP contribution in [0, 0.1) is 0 Å². The van der Waals surface area contributed by atoms with Crippen molar-refractivity contribution in [2.75, 3.05) is 0 Å². The molecule has 1 heteroatoms. The zero-order valence-corrected chi connectivity index (χ0v) is 37.4. The zero-order chi connectivity index (χ0) is 43.6. The smallest absolute Gasteiger partial charge is 0.143 e. The lowest BCUT2D eigenvalue weighted by Crippen LogP contribution is -2.17. The Kier molecular flexibility index (Phi) is 9.56. The van der Waals surface area contributed by atoms with E-state index in [-0.39, 0.29) is 11.3 Å².